The van der Waals surface area contributed by atoms with Crippen molar-refractivity contribution in [3.8, 4) is 0 Å². The van der Waals surface area contributed by atoms with Crippen LogP contribution in [0.5, 0.6) is 0 Å². The van der Waals surface area contributed by atoms with E-state index in [1.54, 1.807) is 6.08 Å². The van der Waals surface area contributed by atoms with E-state index >= 15 is 0 Å². The van der Waals surface area contributed by atoms with Crippen LogP contribution in [0.3, 0.4) is 0 Å². The van der Waals surface area contributed by atoms with Gasteiger partial charge in [-0.15, -0.1) is 5.73 Å². The maximum atomic E-state index is 4.56. The van der Waals surface area contributed by atoms with Crippen LogP contribution in [0, 0.1) is 6.92 Å². The number of hydrogen-bond acceptors (Lipinski definition) is 1. The number of rotatable bonds is 2. The predicted molar refractivity (Wildman–Crippen MR) is 69.0 cm³/mol. The van der Waals surface area contributed by atoms with Gasteiger partial charge in [0, 0.05) is 10.9 Å². The van der Waals surface area contributed by atoms with Crippen molar-refractivity contribution < 1.29 is 0 Å². The molecule has 0 atom stereocenters. The summed E-state index contributed by atoms with van der Waals surface area (Å²) >= 11 is 0. The first-order valence-corrected chi connectivity index (χ1v) is 5.21. The van der Waals surface area contributed by atoms with Crippen LogP contribution in [0.4, 0.5) is 0 Å². The molecular formula is C15H13N. The Morgan fingerprint density at radius 1 is 1.31 bits per heavy atom. The first-order chi connectivity index (χ1) is 7.81. The van der Waals surface area contributed by atoms with Crippen LogP contribution in [-0.2, 0) is 0 Å². The molecule has 0 bridgehead atoms. The summed E-state index contributed by atoms with van der Waals surface area (Å²) in [7, 11) is 0. The Morgan fingerprint density at radius 2 is 2.12 bits per heavy atom. The normalized spacial score (nSPS) is 12.8. The first-order valence-electron chi connectivity index (χ1n) is 5.21. The van der Waals surface area contributed by atoms with Gasteiger partial charge in [-0.2, -0.15) is 0 Å². The van der Waals surface area contributed by atoms with Gasteiger partial charge in [0.05, 0.1) is 5.35 Å². The van der Waals surface area contributed by atoms with Crippen LogP contribution in [0.2, 0.25) is 0 Å². The molecule has 1 aromatic rings. The smallest absolute Gasteiger partial charge is 0.0711 e. The molecule has 0 saturated heterocycles. The Morgan fingerprint density at radius 3 is 2.94 bits per heavy atom. The van der Waals surface area contributed by atoms with E-state index in [1.165, 1.54) is 0 Å². The van der Waals surface area contributed by atoms with Crippen molar-refractivity contribution in [3.05, 3.63) is 64.5 Å². The minimum absolute atomic E-state index is 0.995. The number of aromatic nitrogens is 1. The Hall–Kier alpha value is -2.11. The molecule has 0 fully saturated rings. The molecule has 78 valence electrons. The number of aryl methyl sites for hydroxylation is 1. The molecule has 1 nitrogen and oxygen atoms in total. The second-order valence-electron chi connectivity index (χ2n) is 3.57. The van der Waals surface area contributed by atoms with Crippen molar-refractivity contribution in [1.82, 2.24) is 4.98 Å². The van der Waals surface area contributed by atoms with Crippen LogP contribution in [0.25, 0.3) is 18.2 Å². The number of pyridine rings is 1. The van der Waals surface area contributed by atoms with Gasteiger partial charge in [0.1, 0.15) is 0 Å². The zero-order chi connectivity index (χ0) is 11.4. The molecule has 0 unspecified atom stereocenters. The van der Waals surface area contributed by atoms with E-state index in [9.17, 15) is 0 Å². The lowest BCUT2D eigenvalue weighted by molar-refractivity contribution is 1.12. The highest BCUT2D eigenvalue weighted by molar-refractivity contribution is 5.56. The number of allylic oxidation sites excluding steroid dienone is 3. The molecule has 0 aliphatic heterocycles. The zero-order valence-electron chi connectivity index (χ0n) is 9.27. The number of nitrogens with zero attached hydrogens (tertiary/aromatic N) is 1. The molecule has 0 amide bonds. The lowest BCUT2D eigenvalue weighted by atomic mass is 10.1. The van der Waals surface area contributed by atoms with E-state index in [-0.39, 0.29) is 0 Å². The van der Waals surface area contributed by atoms with Gasteiger partial charge in [0.15, 0.2) is 0 Å². The summed E-state index contributed by atoms with van der Waals surface area (Å²) in [4.78, 5) is 4.56. The van der Waals surface area contributed by atoms with E-state index in [0.29, 0.717) is 0 Å². The minimum atomic E-state index is 0.995. The average molecular weight is 207 g/mol. The number of hydrogen-bond donors (Lipinski definition) is 0. The standard InChI is InChI=1S/C15H13N/c1-3-4-8-13-11-14-9-6-5-7-10-15(14)16-12(13)2/h3-4,6-11H,1H2,2H3/b8-4-. The Kier molecular flexibility index (Phi) is 3.00. The highest BCUT2D eigenvalue weighted by Gasteiger charge is 1.97. The van der Waals surface area contributed by atoms with Crippen molar-refractivity contribution >= 4 is 18.2 Å². The topological polar surface area (TPSA) is 12.9 Å². The maximum absolute atomic E-state index is 4.56. The van der Waals surface area contributed by atoms with Crippen molar-refractivity contribution in [1.29, 1.82) is 0 Å². The summed E-state index contributed by atoms with van der Waals surface area (Å²) in [6, 6.07) is 2.13. The number of fused-ring (bicyclic) bond motifs is 1. The van der Waals surface area contributed by atoms with E-state index < -0.39 is 0 Å². The molecular weight excluding hydrogens is 194 g/mol. The molecule has 0 spiro atoms. The van der Waals surface area contributed by atoms with E-state index in [2.05, 4.69) is 23.4 Å². The van der Waals surface area contributed by atoms with Gasteiger partial charge in [0.2, 0.25) is 0 Å². The fraction of sp³-hybridized carbons (Fsp3) is 0.0667. The van der Waals surface area contributed by atoms with Crippen molar-refractivity contribution in [2.45, 2.75) is 6.92 Å². The molecule has 0 aromatic carbocycles. The maximum Gasteiger partial charge on any atom is 0.0711 e. The van der Waals surface area contributed by atoms with Gasteiger partial charge >= 0.3 is 0 Å². The second-order valence-corrected chi connectivity index (χ2v) is 3.57. The monoisotopic (exact) mass is 207 g/mol. The van der Waals surface area contributed by atoms with Crippen molar-refractivity contribution in [2.75, 3.05) is 0 Å². The minimum Gasteiger partial charge on any atom is -0.252 e. The lowest BCUT2D eigenvalue weighted by Gasteiger charge is -1.99. The zero-order valence-corrected chi connectivity index (χ0v) is 9.27. The van der Waals surface area contributed by atoms with Gasteiger partial charge in [-0.1, -0.05) is 24.8 Å². The van der Waals surface area contributed by atoms with Gasteiger partial charge in [-0.05, 0) is 42.9 Å². The third-order valence-corrected chi connectivity index (χ3v) is 2.42. The Balaban J connectivity index is 2.67. The van der Waals surface area contributed by atoms with E-state index in [0.717, 1.165) is 21.8 Å². The van der Waals surface area contributed by atoms with Crippen LogP contribution in [-0.4, -0.2) is 4.98 Å². The van der Waals surface area contributed by atoms with Crippen molar-refractivity contribution in [2.24, 2.45) is 0 Å². The van der Waals surface area contributed by atoms with Gasteiger partial charge < -0.3 is 0 Å². The van der Waals surface area contributed by atoms with Gasteiger partial charge in [-0.25, -0.2) is 0 Å². The second kappa shape index (κ2) is 4.61. The molecule has 0 saturated carbocycles. The highest BCUT2D eigenvalue weighted by atomic mass is 14.7. The highest BCUT2D eigenvalue weighted by Crippen LogP contribution is 2.02. The summed E-state index contributed by atoms with van der Waals surface area (Å²) < 4.78 is 0. The molecule has 0 N–H and O–H groups in total. The van der Waals surface area contributed by atoms with Gasteiger partial charge in [0.25, 0.3) is 0 Å². The van der Waals surface area contributed by atoms with Crippen LogP contribution in [0.1, 0.15) is 11.3 Å². The molecule has 1 heterocycles. The largest absolute Gasteiger partial charge is 0.252 e. The molecule has 2 rings (SSSR count). The molecule has 1 aliphatic carbocycles. The average Bonchev–Trinajstić information content (AvgIpc) is 2.50. The van der Waals surface area contributed by atoms with E-state index in [4.69, 9.17) is 0 Å². The third-order valence-electron chi connectivity index (χ3n) is 2.42. The predicted octanol–water partition coefficient (Wildman–Crippen LogP) is 1.88. The van der Waals surface area contributed by atoms with Crippen LogP contribution < -0.4 is 10.6 Å². The fourth-order valence-electron chi connectivity index (χ4n) is 1.58. The third kappa shape index (κ3) is 2.10. The molecule has 1 aromatic heterocycles. The molecule has 0 radical (unpaired) electrons. The van der Waals surface area contributed by atoms with Crippen LogP contribution in [0.15, 0.2) is 42.7 Å². The summed E-state index contributed by atoms with van der Waals surface area (Å²) in [5, 5.41) is 2.12. The van der Waals surface area contributed by atoms with Crippen LogP contribution >= 0.6 is 0 Å². The fourth-order valence-corrected chi connectivity index (χ4v) is 1.58. The summed E-state index contributed by atoms with van der Waals surface area (Å²) in [5.41, 5.74) is 5.19. The molecule has 1 aliphatic rings. The SMILES string of the molecule is C=C/C=C\c1cc2c(nc1C)=CC=C=CC=2. The molecule has 16 heavy (non-hydrogen) atoms. The van der Waals surface area contributed by atoms with Gasteiger partial charge in [-0.3, -0.25) is 4.98 Å². The Labute approximate surface area is 95.2 Å². The lowest BCUT2D eigenvalue weighted by Crippen LogP contribution is -2.28. The first kappa shape index (κ1) is 10.4. The summed E-state index contributed by atoms with van der Waals surface area (Å²) in [6.45, 7) is 5.68. The van der Waals surface area contributed by atoms with Crippen molar-refractivity contribution in [3.63, 3.8) is 0 Å². The summed E-state index contributed by atoms with van der Waals surface area (Å²) in [6.07, 6.45) is 13.5. The summed E-state index contributed by atoms with van der Waals surface area (Å²) in [5.74, 6) is 0. The quantitative estimate of drug-likeness (QED) is 0.533. The Bertz CT molecular complexity index is 624. The van der Waals surface area contributed by atoms with E-state index in [1.807, 2.05) is 43.4 Å². The molecule has 1 heteroatoms.